The first-order chi connectivity index (χ1) is 15.0. The van der Waals surface area contributed by atoms with Crippen molar-refractivity contribution in [3.8, 4) is 0 Å². The van der Waals surface area contributed by atoms with E-state index >= 15 is 0 Å². The van der Waals surface area contributed by atoms with E-state index in [1.807, 2.05) is 25.1 Å². The molecule has 3 aromatic rings. The fourth-order valence-corrected chi connectivity index (χ4v) is 4.45. The number of piperidine rings is 1. The predicted molar refractivity (Wildman–Crippen MR) is 115 cm³/mol. The Balaban J connectivity index is 1.44. The van der Waals surface area contributed by atoms with Crippen molar-refractivity contribution in [3.05, 3.63) is 52.2 Å². The van der Waals surface area contributed by atoms with E-state index in [-0.39, 0.29) is 11.6 Å². The molecule has 0 atom stereocenters. The summed E-state index contributed by atoms with van der Waals surface area (Å²) < 4.78 is 16.4. The standard InChI is InChI=1S/C22H25FN6O2/c1-2-29-22(31)28-11-7-18(13-19(28)25-29)27-8-3-4-15-12-16(14-24-20(15)27)21(30)26-9-5-17(23)6-10-26/h7,11-14,17H,2-6,8-10H2,1H3. The van der Waals surface area contributed by atoms with Gasteiger partial charge in [-0.05, 0) is 50.3 Å². The van der Waals surface area contributed by atoms with Gasteiger partial charge in [0, 0.05) is 50.3 Å². The molecule has 2 aliphatic heterocycles. The van der Waals surface area contributed by atoms with Crippen molar-refractivity contribution in [2.24, 2.45) is 0 Å². The van der Waals surface area contributed by atoms with Gasteiger partial charge in [0.25, 0.3) is 5.91 Å². The van der Waals surface area contributed by atoms with Crippen LogP contribution in [0.5, 0.6) is 0 Å². The number of aromatic nitrogens is 4. The zero-order valence-electron chi connectivity index (χ0n) is 17.5. The molecule has 1 saturated heterocycles. The zero-order valence-corrected chi connectivity index (χ0v) is 17.5. The number of likely N-dealkylation sites (tertiary alicyclic amines) is 1. The Morgan fingerprint density at radius 2 is 2.03 bits per heavy atom. The second-order valence-corrected chi connectivity index (χ2v) is 8.14. The van der Waals surface area contributed by atoms with Gasteiger partial charge in [-0.1, -0.05) is 0 Å². The van der Waals surface area contributed by atoms with Crippen LogP contribution in [0.4, 0.5) is 15.9 Å². The van der Waals surface area contributed by atoms with Gasteiger partial charge in [0.05, 0.1) is 5.56 Å². The maximum Gasteiger partial charge on any atom is 0.350 e. The van der Waals surface area contributed by atoms with E-state index in [9.17, 15) is 14.0 Å². The molecule has 1 fully saturated rings. The molecule has 5 heterocycles. The van der Waals surface area contributed by atoms with E-state index in [0.717, 1.165) is 36.5 Å². The van der Waals surface area contributed by atoms with Crippen LogP contribution in [0.3, 0.4) is 0 Å². The lowest BCUT2D eigenvalue weighted by Crippen LogP contribution is -2.39. The van der Waals surface area contributed by atoms with Gasteiger partial charge < -0.3 is 9.80 Å². The van der Waals surface area contributed by atoms with Crippen LogP contribution in [0.25, 0.3) is 5.65 Å². The number of carbonyl (C=O) groups excluding carboxylic acids is 1. The second kappa shape index (κ2) is 7.79. The number of hydrogen-bond acceptors (Lipinski definition) is 5. The Hall–Kier alpha value is -3.23. The van der Waals surface area contributed by atoms with Gasteiger partial charge in [0.2, 0.25) is 0 Å². The number of pyridine rings is 2. The quantitative estimate of drug-likeness (QED) is 0.646. The van der Waals surface area contributed by atoms with Gasteiger partial charge in [-0.15, -0.1) is 5.10 Å². The third-order valence-electron chi connectivity index (χ3n) is 6.16. The van der Waals surface area contributed by atoms with Gasteiger partial charge in [-0.25, -0.2) is 18.9 Å². The number of hydrogen-bond donors (Lipinski definition) is 0. The zero-order chi connectivity index (χ0) is 21.5. The number of nitrogens with zero attached hydrogens (tertiary/aromatic N) is 6. The van der Waals surface area contributed by atoms with E-state index < -0.39 is 6.17 Å². The first kappa shape index (κ1) is 19.7. The van der Waals surface area contributed by atoms with Gasteiger partial charge in [0.15, 0.2) is 5.65 Å². The van der Waals surface area contributed by atoms with Crippen LogP contribution in [0.2, 0.25) is 0 Å². The number of amides is 1. The summed E-state index contributed by atoms with van der Waals surface area (Å²) in [4.78, 5) is 33.6. The maximum absolute atomic E-state index is 13.4. The minimum absolute atomic E-state index is 0.0785. The molecule has 0 bridgehead atoms. The molecule has 0 radical (unpaired) electrons. The number of anilines is 2. The number of halogens is 1. The summed E-state index contributed by atoms with van der Waals surface area (Å²) in [7, 11) is 0. The molecule has 9 heteroatoms. The lowest BCUT2D eigenvalue weighted by molar-refractivity contribution is 0.0666. The van der Waals surface area contributed by atoms with Gasteiger partial charge in [-0.3, -0.25) is 9.20 Å². The molecule has 3 aromatic heterocycles. The van der Waals surface area contributed by atoms with E-state index in [4.69, 9.17) is 0 Å². The molecule has 1 amide bonds. The van der Waals surface area contributed by atoms with Crippen molar-refractivity contribution in [1.82, 2.24) is 24.1 Å². The van der Waals surface area contributed by atoms with Gasteiger partial charge in [-0.2, -0.15) is 0 Å². The highest BCUT2D eigenvalue weighted by molar-refractivity contribution is 5.94. The van der Waals surface area contributed by atoms with Crippen LogP contribution < -0.4 is 10.6 Å². The number of fused-ring (bicyclic) bond motifs is 2. The maximum atomic E-state index is 13.4. The van der Waals surface area contributed by atoms with Gasteiger partial charge >= 0.3 is 5.69 Å². The average molecular weight is 424 g/mol. The van der Waals surface area contributed by atoms with Crippen LogP contribution in [0, 0.1) is 0 Å². The molecule has 0 N–H and O–H groups in total. The number of aryl methyl sites for hydroxylation is 2. The topological polar surface area (TPSA) is 75.7 Å². The lowest BCUT2D eigenvalue weighted by atomic mass is 10.0. The fourth-order valence-electron chi connectivity index (χ4n) is 4.45. The third-order valence-corrected chi connectivity index (χ3v) is 6.16. The average Bonchev–Trinajstić information content (AvgIpc) is 3.13. The summed E-state index contributed by atoms with van der Waals surface area (Å²) in [6, 6.07) is 5.71. The molecule has 5 rings (SSSR count). The highest BCUT2D eigenvalue weighted by Crippen LogP contribution is 2.32. The summed E-state index contributed by atoms with van der Waals surface area (Å²) in [6.07, 6.45) is 5.13. The first-order valence-corrected chi connectivity index (χ1v) is 10.8. The van der Waals surface area contributed by atoms with Crippen LogP contribution in [-0.2, 0) is 13.0 Å². The molecule has 162 valence electrons. The van der Waals surface area contributed by atoms with Crippen LogP contribution in [-0.4, -0.2) is 55.8 Å². The Labute approximate surface area is 178 Å². The van der Waals surface area contributed by atoms with Crippen molar-refractivity contribution in [3.63, 3.8) is 0 Å². The van der Waals surface area contributed by atoms with E-state index in [1.165, 1.54) is 9.08 Å². The van der Waals surface area contributed by atoms with Crippen LogP contribution in [0.1, 0.15) is 42.1 Å². The number of alkyl halides is 1. The van der Waals surface area contributed by atoms with Gasteiger partial charge in [0.1, 0.15) is 12.0 Å². The molecule has 31 heavy (non-hydrogen) atoms. The smallest absolute Gasteiger partial charge is 0.338 e. The highest BCUT2D eigenvalue weighted by Gasteiger charge is 2.26. The highest BCUT2D eigenvalue weighted by atomic mass is 19.1. The van der Waals surface area contributed by atoms with Crippen molar-refractivity contribution < 1.29 is 9.18 Å². The third kappa shape index (κ3) is 3.47. The molecule has 2 aliphatic rings. The molecule has 0 spiro atoms. The predicted octanol–water partition coefficient (Wildman–Crippen LogP) is 2.57. The summed E-state index contributed by atoms with van der Waals surface area (Å²) in [5, 5.41) is 4.38. The van der Waals surface area contributed by atoms with E-state index in [1.54, 1.807) is 17.3 Å². The van der Waals surface area contributed by atoms with Crippen LogP contribution >= 0.6 is 0 Å². The Morgan fingerprint density at radius 1 is 1.23 bits per heavy atom. The van der Waals surface area contributed by atoms with Crippen molar-refractivity contribution in [2.75, 3.05) is 24.5 Å². The summed E-state index contributed by atoms with van der Waals surface area (Å²) in [5.74, 6) is 0.747. The molecule has 8 nitrogen and oxygen atoms in total. The first-order valence-electron chi connectivity index (χ1n) is 10.8. The number of rotatable bonds is 3. The lowest BCUT2D eigenvalue weighted by Gasteiger charge is -2.31. The molecule has 0 unspecified atom stereocenters. The minimum Gasteiger partial charge on any atom is -0.338 e. The minimum atomic E-state index is -0.809. The number of carbonyl (C=O) groups is 1. The Bertz CT molecular complexity index is 1190. The second-order valence-electron chi connectivity index (χ2n) is 8.14. The van der Waals surface area contributed by atoms with Crippen molar-refractivity contribution >= 4 is 23.1 Å². The summed E-state index contributed by atoms with van der Waals surface area (Å²) >= 11 is 0. The van der Waals surface area contributed by atoms with Crippen molar-refractivity contribution in [2.45, 2.75) is 45.3 Å². The summed E-state index contributed by atoms with van der Waals surface area (Å²) in [5.41, 5.74) is 2.94. The van der Waals surface area contributed by atoms with E-state index in [0.29, 0.717) is 43.7 Å². The Kier molecular flexibility index (Phi) is 4.95. The SMILES string of the molecule is CCn1nc2cc(N3CCCc4cc(C(=O)N5CCC(F)CC5)cnc43)ccn2c1=O. The Morgan fingerprint density at radius 3 is 2.81 bits per heavy atom. The molecular formula is C22H25FN6O2. The van der Waals surface area contributed by atoms with E-state index in [2.05, 4.69) is 15.0 Å². The largest absolute Gasteiger partial charge is 0.350 e. The molecule has 0 saturated carbocycles. The van der Waals surface area contributed by atoms with Crippen LogP contribution in [0.15, 0.2) is 35.4 Å². The van der Waals surface area contributed by atoms with Crippen molar-refractivity contribution in [1.29, 1.82) is 0 Å². The molecule has 0 aliphatic carbocycles. The normalized spacial score (nSPS) is 17.2. The monoisotopic (exact) mass is 424 g/mol. The molecule has 0 aromatic carbocycles. The fraction of sp³-hybridized carbons (Fsp3) is 0.455. The molecular weight excluding hydrogens is 399 g/mol. The summed E-state index contributed by atoms with van der Waals surface area (Å²) in [6.45, 7) is 4.11.